The molecule has 0 bridgehead atoms. The minimum atomic E-state index is -3.80. The van der Waals surface area contributed by atoms with Crippen molar-refractivity contribution in [2.45, 2.75) is 18.4 Å². The Hall–Kier alpha value is -1.57. The number of halogens is 1. The van der Waals surface area contributed by atoms with Gasteiger partial charge in [-0.05, 0) is 42.3 Å². The molecule has 0 aliphatic heterocycles. The topological polar surface area (TPSA) is 98.2 Å². The highest BCUT2D eigenvalue weighted by Crippen LogP contribution is 2.26. The van der Waals surface area contributed by atoms with Crippen molar-refractivity contribution < 1.29 is 8.42 Å². The molecule has 0 aliphatic rings. The molecule has 21 heavy (non-hydrogen) atoms. The van der Waals surface area contributed by atoms with Gasteiger partial charge in [0.2, 0.25) is 10.0 Å². The van der Waals surface area contributed by atoms with Gasteiger partial charge in [-0.3, -0.25) is 0 Å². The summed E-state index contributed by atoms with van der Waals surface area (Å²) in [6, 6.07) is 10.9. The van der Waals surface area contributed by atoms with E-state index >= 15 is 0 Å². The third kappa shape index (κ3) is 3.96. The number of hydrogen-bond donors (Lipinski definition) is 3. The van der Waals surface area contributed by atoms with Gasteiger partial charge in [-0.2, -0.15) is 0 Å². The lowest BCUT2D eigenvalue weighted by atomic mass is 10.1. The van der Waals surface area contributed by atoms with E-state index in [9.17, 15) is 8.42 Å². The van der Waals surface area contributed by atoms with Crippen molar-refractivity contribution >= 4 is 37.3 Å². The van der Waals surface area contributed by atoms with Crippen LogP contribution in [0, 0.1) is 6.92 Å². The normalized spacial score (nSPS) is 11.4. The Kier molecular flexibility index (Phi) is 4.55. The molecule has 2 aromatic carbocycles. The monoisotopic (exact) mass is 369 g/mol. The van der Waals surface area contributed by atoms with Gasteiger partial charge < -0.3 is 11.1 Å². The summed E-state index contributed by atoms with van der Waals surface area (Å²) < 4.78 is 24.1. The largest absolute Gasteiger partial charge is 0.399 e. The summed E-state index contributed by atoms with van der Waals surface area (Å²) in [5, 5.41) is 8.39. The first-order valence-electron chi connectivity index (χ1n) is 6.18. The molecule has 5 nitrogen and oxygen atoms in total. The summed E-state index contributed by atoms with van der Waals surface area (Å²) in [5.41, 5.74) is 8.37. The molecule has 0 atom stereocenters. The van der Waals surface area contributed by atoms with Crippen LogP contribution in [0.2, 0.25) is 0 Å². The van der Waals surface area contributed by atoms with Crippen LogP contribution < -0.4 is 16.2 Å². The fraction of sp³-hybridized carbons (Fsp3) is 0.143. The number of primary sulfonamides is 1. The molecule has 0 saturated carbocycles. The zero-order chi connectivity index (χ0) is 15.6. The Bertz CT molecular complexity index is 776. The molecule has 0 aromatic heterocycles. The van der Waals surface area contributed by atoms with Crippen molar-refractivity contribution in [3.63, 3.8) is 0 Å². The molecule has 0 heterocycles. The van der Waals surface area contributed by atoms with Crippen molar-refractivity contribution in [1.29, 1.82) is 0 Å². The SMILES string of the molecule is Cc1c(NCc2cccc(Br)c2)cc(N)cc1S(N)(=O)=O. The van der Waals surface area contributed by atoms with Crippen molar-refractivity contribution in [3.8, 4) is 0 Å². The Morgan fingerprint density at radius 2 is 1.95 bits per heavy atom. The summed E-state index contributed by atoms with van der Waals surface area (Å²) in [7, 11) is -3.80. The number of rotatable bonds is 4. The van der Waals surface area contributed by atoms with E-state index in [1.807, 2.05) is 24.3 Å². The van der Waals surface area contributed by atoms with Crippen LogP contribution in [0.5, 0.6) is 0 Å². The molecule has 0 aliphatic carbocycles. The molecule has 7 heteroatoms. The van der Waals surface area contributed by atoms with E-state index in [1.165, 1.54) is 6.07 Å². The van der Waals surface area contributed by atoms with E-state index < -0.39 is 10.0 Å². The molecule has 5 N–H and O–H groups in total. The number of nitrogens with one attached hydrogen (secondary N) is 1. The average molecular weight is 370 g/mol. The van der Waals surface area contributed by atoms with Crippen molar-refractivity contribution in [3.05, 3.63) is 52.0 Å². The van der Waals surface area contributed by atoms with Gasteiger partial charge in [0.05, 0.1) is 4.90 Å². The lowest BCUT2D eigenvalue weighted by Crippen LogP contribution is -2.15. The third-order valence-electron chi connectivity index (χ3n) is 3.06. The molecular formula is C14H16BrN3O2S. The fourth-order valence-electron chi connectivity index (χ4n) is 2.03. The second-order valence-corrected chi connectivity index (χ2v) is 7.17. The maximum absolute atomic E-state index is 11.6. The van der Waals surface area contributed by atoms with Crippen LogP contribution in [0.3, 0.4) is 0 Å². The second kappa shape index (κ2) is 6.05. The van der Waals surface area contributed by atoms with E-state index in [1.54, 1.807) is 13.0 Å². The minimum absolute atomic E-state index is 0.0410. The van der Waals surface area contributed by atoms with E-state index in [0.717, 1.165) is 10.0 Å². The molecule has 0 saturated heterocycles. The van der Waals surface area contributed by atoms with Gasteiger partial charge in [0.15, 0.2) is 0 Å². The minimum Gasteiger partial charge on any atom is -0.399 e. The lowest BCUT2D eigenvalue weighted by Gasteiger charge is -2.14. The van der Waals surface area contributed by atoms with Crippen LogP contribution in [0.15, 0.2) is 45.8 Å². The zero-order valence-corrected chi connectivity index (χ0v) is 13.8. The molecule has 0 unspecified atom stereocenters. The Morgan fingerprint density at radius 1 is 1.24 bits per heavy atom. The number of anilines is 2. The quantitative estimate of drug-likeness (QED) is 0.721. The van der Waals surface area contributed by atoms with Crippen LogP contribution in [0.25, 0.3) is 0 Å². The molecule has 0 radical (unpaired) electrons. The summed E-state index contributed by atoms with van der Waals surface area (Å²) >= 11 is 3.41. The van der Waals surface area contributed by atoms with Crippen LogP contribution >= 0.6 is 15.9 Å². The number of hydrogen-bond acceptors (Lipinski definition) is 4. The Labute approximate surface area is 132 Å². The van der Waals surface area contributed by atoms with Crippen molar-refractivity contribution in [2.75, 3.05) is 11.1 Å². The van der Waals surface area contributed by atoms with E-state index in [-0.39, 0.29) is 4.90 Å². The van der Waals surface area contributed by atoms with Gasteiger partial charge in [-0.25, -0.2) is 13.6 Å². The maximum Gasteiger partial charge on any atom is 0.238 e. The fourth-order valence-corrected chi connectivity index (χ4v) is 3.32. The predicted molar refractivity (Wildman–Crippen MR) is 88.4 cm³/mol. The highest BCUT2D eigenvalue weighted by Gasteiger charge is 2.15. The van der Waals surface area contributed by atoms with Crippen molar-refractivity contribution in [2.24, 2.45) is 5.14 Å². The summed E-state index contributed by atoms with van der Waals surface area (Å²) in [6.07, 6.45) is 0. The molecule has 0 spiro atoms. The average Bonchev–Trinajstić information content (AvgIpc) is 2.38. The predicted octanol–water partition coefficient (Wildman–Crippen LogP) is 2.60. The number of nitrogen functional groups attached to an aromatic ring is 1. The maximum atomic E-state index is 11.6. The Morgan fingerprint density at radius 3 is 2.57 bits per heavy atom. The Balaban J connectivity index is 2.31. The molecule has 112 valence electrons. The first kappa shape index (κ1) is 15.8. The van der Waals surface area contributed by atoms with Gasteiger partial charge in [-0.1, -0.05) is 28.1 Å². The van der Waals surface area contributed by atoms with Gasteiger partial charge in [0, 0.05) is 22.4 Å². The summed E-state index contributed by atoms with van der Waals surface area (Å²) in [5.74, 6) is 0. The van der Waals surface area contributed by atoms with Crippen LogP contribution in [0.1, 0.15) is 11.1 Å². The number of nitrogens with two attached hydrogens (primary N) is 2. The highest BCUT2D eigenvalue weighted by molar-refractivity contribution is 9.10. The van der Waals surface area contributed by atoms with Crippen LogP contribution in [-0.4, -0.2) is 8.42 Å². The van der Waals surface area contributed by atoms with Gasteiger partial charge in [0.25, 0.3) is 0 Å². The van der Waals surface area contributed by atoms with E-state index in [0.29, 0.717) is 23.5 Å². The molecule has 0 amide bonds. The number of sulfonamides is 1. The van der Waals surface area contributed by atoms with Gasteiger partial charge in [-0.15, -0.1) is 0 Å². The van der Waals surface area contributed by atoms with Gasteiger partial charge >= 0.3 is 0 Å². The standard InChI is InChI=1S/C14H16BrN3O2S/c1-9-13(6-12(16)7-14(9)21(17,19)20)18-8-10-3-2-4-11(15)5-10/h2-7,18H,8,16H2,1H3,(H2,17,19,20). The zero-order valence-electron chi connectivity index (χ0n) is 11.4. The van der Waals surface area contributed by atoms with Crippen LogP contribution in [-0.2, 0) is 16.6 Å². The molecular weight excluding hydrogens is 354 g/mol. The molecule has 0 fully saturated rings. The smallest absolute Gasteiger partial charge is 0.238 e. The summed E-state index contributed by atoms with van der Waals surface area (Å²) in [6.45, 7) is 2.25. The van der Waals surface area contributed by atoms with Crippen molar-refractivity contribution in [1.82, 2.24) is 0 Å². The first-order valence-corrected chi connectivity index (χ1v) is 8.52. The lowest BCUT2D eigenvalue weighted by molar-refractivity contribution is 0.597. The van der Waals surface area contributed by atoms with E-state index in [2.05, 4.69) is 21.2 Å². The van der Waals surface area contributed by atoms with Crippen LogP contribution in [0.4, 0.5) is 11.4 Å². The second-order valence-electron chi connectivity index (χ2n) is 4.72. The van der Waals surface area contributed by atoms with E-state index in [4.69, 9.17) is 10.9 Å². The highest BCUT2D eigenvalue weighted by atomic mass is 79.9. The number of benzene rings is 2. The first-order chi connectivity index (χ1) is 9.77. The van der Waals surface area contributed by atoms with Gasteiger partial charge in [0.1, 0.15) is 0 Å². The summed E-state index contributed by atoms with van der Waals surface area (Å²) in [4.78, 5) is 0.0410. The third-order valence-corrected chi connectivity index (χ3v) is 4.59. The molecule has 2 aromatic rings. The molecule has 2 rings (SSSR count).